The molecule has 0 aliphatic heterocycles. The van der Waals surface area contributed by atoms with E-state index in [1.165, 1.54) is 0 Å². The lowest BCUT2D eigenvalue weighted by Gasteiger charge is -2.50. The van der Waals surface area contributed by atoms with Crippen molar-refractivity contribution in [2.75, 3.05) is 0 Å². The van der Waals surface area contributed by atoms with Gasteiger partial charge in [-0.05, 0) is 36.9 Å². The van der Waals surface area contributed by atoms with E-state index < -0.39 is 33.0 Å². The molecule has 1 nitrogen and oxygen atoms in total. The molecule has 0 bridgehead atoms. The minimum atomic E-state index is -1.28. The van der Waals surface area contributed by atoms with Crippen LogP contribution in [0.4, 0.5) is 8.78 Å². The third kappa shape index (κ3) is 3.50. The Morgan fingerprint density at radius 1 is 0.643 bits per heavy atom. The summed E-state index contributed by atoms with van der Waals surface area (Å²) in [5.41, 5.74) is 2.08. The summed E-state index contributed by atoms with van der Waals surface area (Å²) in [5.74, 6) is 0. The predicted molar refractivity (Wildman–Crippen MR) is 111 cm³/mol. The van der Waals surface area contributed by atoms with E-state index >= 15 is 0 Å². The molecule has 4 heteroatoms. The maximum absolute atomic E-state index is 14.5. The zero-order valence-corrected chi connectivity index (χ0v) is 17.0. The molecule has 2 fully saturated rings. The summed E-state index contributed by atoms with van der Waals surface area (Å²) in [6, 6.07) is 20.0. The van der Waals surface area contributed by atoms with Crippen molar-refractivity contribution in [2.24, 2.45) is 0 Å². The Kier molecular flexibility index (Phi) is 5.80. The maximum Gasteiger partial charge on any atom is 0.151 e. The molecule has 2 aromatic rings. The van der Waals surface area contributed by atoms with Crippen molar-refractivity contribution < 1.29 is 13.3 Å². The van der Waals surface area contributed by atoms with Crippen LogP contribution in [-0.2, 0) is 20.7 Å². The van der Waals surface area contributed by atoms with Crippen LogP contribution in [0.1, 0.15) is 62.5 Å². The standard InChI is InChI=1S/C24H28F2OS/c25-21-11-15-23(16-12-21,19-7-3-1-4-8-19)28(27)24(17-13-22(26)14-18-24)20-9-5-2-6-10-20/h1-10,21-22H,11-18H2. The largest absolute Gasteiger partial charge is 0.615 e. The minimum absolute atomic E-state index is 0.442. The summed E-state index contributed by atoms with van der Waals surface area (Å²) in [6.07, 6.45) is 2.46. The third-order valence-electron chi connectivity index (χ3n) is 6.76. The van der Waals surface area contributed by atoms with Crippen LogP contribution in [0.25, 0.3) is 0 Å². The molecule has 2 aromatic carbocycles. The number of hydrogen-bond donors (Lipinski definition) is 0. The van der Waals surface area contributed by atoms with E-state index in [1.807, 2.05) is 60.7 Å². The second kappa shape index (κ2) is 8.16. The van der Waals surface area contributed by atoms with E-state index in [2.05, 4.69) is 0 Å². The SMILES string of the molecule is [O-][S+](C1(c2ccccc2)CCC(F)CC1)C1(c2ccccc2)CCC(F)CC1. The average molecular weight is 403 g/mol. The molecule has 2 aliphatic carbocycles. The molecule has 4 rings (SSSR count). The first-order valence-electron chi connectivity index (χ1n) is 10.4. The lowest BCUT2D eigenvalue weighted by atomic mass is 9.81. The van der Waals surface area contributed by atoms with Gasteiger partial charge in [-0.25, -0.2) is 8.78 Å². The van der Waals surface area contributed by atoms with Crippen LogP contribution in [0.2, 0.25) is 0 Å². The molecule has 0 amide bonds. The van der Waals surface area contributed by atoms with Crippen molar-refractivity contribution in [3.8, 4) is 0 Å². The number of hydrogen-bond acceptors (Lipinski definition) is 1. The van der Waals surface area contributed by atoms with Gasteiger partial charge in [0, 0.05) is 36.8 Å². The molecule has 2 aliphatic rings. The van der Waals surface area contributed by atoms with Gasteiger partial charge in [-0.1, -0.05) is 60.7 Å². The van der Waals surface area contributed by atoms with E-state index in [9.17, 15) is 13.3 Å². The second-order valence-electron chi connectivity index (χ2n) is 8.34. The summed E-state index contributed by atoms with van der Waals surface area (Å²) in [4.78, 5) is 0. The van der Waals surface area contributed by atoms with Crippen molar-refractivity contribution >= 4 is 11.2 Å². The van der Waals surface area contributed by atoms with E-state index in [4.69, 9.17) is 0 Å². The molecule has 0 saturated heterocycles. The quantitative estimate of drug-likeness (QED) is 0.547. The molecule has 0 aromatic heterocycles. The summed E-state index contributed by atoms with van der Waals surface area (Å²) in [5, 5.41) is 0. The Bertz CT molecular complexity index is 685. The molecule has 2 saturated carbocycles. The topological polar surface area (TPSA) is 23.1 Å². The molecular weight excluding hydrogens is 374 g/mol. The van der Waals surface area contributed by atoms with Crippen LogP contribution < -0.4 is 0 Å². The van der Waals surface area contributed by atoms with Gasteiger partial charge in [0.05, 0.1) is 0 Å². The van der Waals surface area contributed by atoms with E-state index in [0.717, 1.165) is 11.1 Å². The van der Waals surface area contributed by atoms with Gasteiger partial charge in [-0.3, -0.25) is 0 Å². The van der Waals surface area contributed by atoms with Gasteiger partial charge in [-0.2, -0.15) is 0 Å². The highest BCUT2D eigenvalue weighted by molar-refractivity contribution is 7.93. The Morgan fingerprint density at radius 2 is 0.964 bits per heavy atom. The fraction of sp³-hybridized carbons (Fsp3) is 0.500. The fourth-order valence-corrected chi connectivity index (χ4v) is 7.78. The Morgan fingerprint density at radius 3 is 1.29 bits per heavy atom. The maximum atomic E-state index is 14.5. The lowest BCUT2D eigenvalue weighted by Crippen LogP contribution is -2.52. The lowest BCUT2D eigenvalue weighted by molar-refractivity contribution is 0.200. The normalized spacial score (nSPS) is 34.7. The highest BCUT2D eigenvalue weighted by Gasteiger charge is 2.58. The van der Waals surface area contributed by atoms with Gasteiger partial charge in [-0.15, -0.1) is 0 Å². The molecule has 150 valence electrons. The van der Waals surface area contributed by atoms with Crippen LogP contribution in [0.5, 0.6) is 0 Å². The highest BCUT2D eigenvalue weighted by Crippen LogP contribution is 2.56. The van der Waals surface area contributed by atoms with E-state index in [-0.39, 0.29) is 0 Å². The van der Waals surface area contributed by atoms with Crippen molar-refractivity contribution in [3.05, 3.63) is 71.8 Å². The predicted octanol–water partition coefficient (Wildman–Crippen LogP) is 6.35. The van der Waals surface area contributed by atoms with Gasteiger partial charge in [0.25, 0.3) is 0 Å². The fourth-order valence-electron chi connectivity index (χ4n) is 5.12. The van der Waals surface area contributed by atoms with Crippen molar-refractivity contribution in [1.82, 2.24) is 0 Å². The zero-order chi connectivity index (χ0) is 19.6. The molecule has 0 unspecified atom stereocenters. The molecule has 0 N–H and O–H groups in total. The Balaban J connectivity index is 1.80. The first-order valence-corrected chi connectivity index (χ1v) is 11.5. The van der Waals surface area contributed by atoms with Crippen molar-refractivity contribution in [2.45, 2.75) is 73.2 Å². The monoisotopic (exact) mass is 402 g/mol. The number of halogens is 2. The molecule has 0 heterocycles. The van der Waals surface area contributed by atoms with Gasteiger partial charge in [0.1, 0.15) is 12.3 Å². The summed E-state index contributed by atoms with van der Waals surface area (Å²) < 4.78 is 41.5. The van der Waals surface area contributed by atoms with Gasteiger partial charge in [0.15, 0.2) is 9.49 Å². The van der Waals surface area contributed by atoms with E-state index in [1.54, 1.807) is 0 Å². The molecule has 28 heavy (non-hydrogen) atoms. The molecule has 0 spiro atoms. The average Bonchev–Trinajstić information content (AvgIpc) is 2.76. The van der Waals surface area contributed by atoms with Crippen LogP contribution >= 0.6 is 0 Å². The van der Waals surface area contributed by atoms with Gasteiger partial charge in [0.2, 0.25) is 0 Å². The summed E-state index contributed by atoms with van der Waals surface area (Å²) >= 11 is -1.28. The van der Waals surface area contributed by atoms with Crippen LogP contribution in [0.15, 0.2) is 60.7 Å². The molecule has 0 atom stereocenters. The van der Waals surface area contributed by atoms with Gasteiger partial charge >= 0.3 is 0 Å². The van der Waals surface area contributed by atoms with Crippen molar-refractivity contribution in [3.63, 3.8) is 0 Å². The van der Waals surface area contributed by atoms with Crippen LogP contribution in [0, 0.1) is 0 Å². The van der Waals surface area contributed by atoms with Crippen LogP contribution in [-0.4, -0.2) is 16.9 Å². The first-order chi connectivity index (χ1) is 13.6. The number of alkyl halides is 2. The highest BCUT2D eigenvalue weighted by atomic mass is 32.2. The first kappa shape index (κ1) is 19.9. The zero-order valence-electron chi connectivity index (χ0n) is 16.2. The smallest absolute Gasteiger partial charge is 0.151 e. The second-order valence-corrected chi connectivity index (χ2v) is 10.4. The number of benzene rings is 2. The Labute approximate surface area is 169 Å². The molecular formula is C24H28F2OS. The minimum Gasteiger partial charge on any atom is -0.615 e. The third-order valence-corrected chi connectivity index (χ3v) is 9.46. The van der Waals surface area contributed by atoms with Crippen LogP contribution in [0.3, 0.4) is 0 Å². The van der Waals surface area contributed by atoms with E-state index in [0.29, 0.717) is 51.4 Å². The van der Waals surface area contributed by atoms with Crippen molar-refractivity contribution in [1.29, 1.82) is 0 Å². The van der Waals surface area contributed by atoms with Gasteiger partial charge < -0.3 is 4.55 Å². The summed E-state index contributed by atoms with van der Waals surface area (Å²) in [6.45, 7) is 0. The molecule has 0 radical (unpaired) electrons. The number of rotatable bonds is 4. The Hall–Kier alpha value is -1.39. The summed E-state index contributed by atoms with van der Waals surface area (Å²) in [7, 11) is 0.